The van der Waals surface area contributed by atoms with E-state index in [2.05, 4.69) is 13.8 Å². The number of rotatable bonds is 29. The highest BCUT2D eigenvalue weighted by atomic mass is 16.6. The molecule has 0 saturated heterocycles. The fraction of sp³-hybridized carbons (Fsp3) is 0.842. The third-order valence-electron chi connectivity index (χ3n) is 9.01. The molecule has 0 heterocycles. The molecule has 8 heteroatoms. The zero-order chi connectivity index (χ0) is 33.8. The Kier molecular flexibility index (Phi) is 26.0. The molecule has 268 valence electrons. The highest BCUT2D eigenvalue weighted by molar-refractivity contribution is 5.69. The van der Waals surface area contributed by atoms with Gasteiger partial charge in [-0.3, -0.25) is 9.59 Å². The topological polar surface area (TPSA) is 134 Å². The van der Waals surface area contributed by atoms with Crippen molar-refractivity contribution >= 4 is 11.9 Å². The molecule has 1 saturated carbocycles. The lowest BCUT2D eigenvalue weighted by Crippen LogP contribution is -2.25. The molecule has 8 nitrogen and oxygen atoms in total. The van der Waals surface area contributed by atoms with E-state index < -0.39 is 30.4 Å². The maximum Gasteiger partial charge on any atom is 0.305 e. The molecule has 0 bridgehead atoms. The van der Waals surface area contributed by atoms with E-state index in [-0.39, 0.29) is 37.4 Å². The van der Waals surface area contributed by atoms with Crippen LogP contribution in [0.2, 0.25) is 0 Å². The van der Waals surface area contributed by atoms with Gasteiger partial charge >= 0.3 is 11.9 Å². The number of hydrogen-bond acceptors (Lipinski definition) is 8. The fourth-order valence-electron chi connectivity index (χ4n) is 6.08. The van der Waals surface area contributed by atoms with Crippen LogP contribution in [0, 0.1) is 11.8 Å². The van der Waals surface area contributed by atoms with E-state index in [0.29, 0.717) is 38.5 Å². The van der Waals surface area contributed by atoms with E-state index in [9.17, 15) is 30.0 Å². The van der Waals surface area contributed by atoms with Gasteiger partial charge in [-0.1, -0.05) is 128 Å². The molecule has 0 aromatic heterocycles. The minimum atomic E-state index is -1.04. The van der Waals surface area contributed by atoms with Crippen molar-refractivity contribution in [2.24, 2.45) is 11.8 Å². The Labute approximate surface area is 280 Å². The van der Waals surface area contributed by atoms with Gasteiger partial charge in [0.1, 0.15) is 19.3 Å². The summed E-state index contributed by atoms with van der Waals surface area (Å²) in [5.41, 5.74) is 0. The predicted molar refractivity (Wildman–Crippen MR) is 184 cm³/mol. The summed E-state index contributed by atoms with van der Waals surface area (Å²) in [5.74, 6) is -1.05. The highest BCUT2D eigenvalue weighted by Crippen LogP contribution is 2.36. The molecule has 46 heavy (non-hydrogen) atoms. The van der Waals surface area contributed by atoms with E-state index in [1.54, 1.807) is 6.08 Å². The van der Waals surface area contributed by atoms with Crippen molar-refractivity contribution in [1.82, 2.24) is 0 Å². The van der Waals surface area contributed by atoms with Gasteiger partial charge in [-0.15, -0.1) is 0 Å². The van der Waals surface area contributed by atoms with Gasteiger partial charge in [0.2, 0.25) is 0 Å². The quantitative estimate of drug-likeness (QED) is 0.0371. The largest absolute Gasteiger partial charge is 0.463 e. The average molecular weight is 653 g/mol. The molecule has 0 radical (unpaired) electrons. The maximum atomic E-state index is 12.0. The van der Waals surface area contributed by atoms with Gasteiger partial charge < -0.3 is 29.9 Å². The second kappa shape index (κ2) is 28.3. The van der Waals surface area contributed by atoms with Crippen LogP contribution < -0.4 is 0 Å². The number of hydrogen-bond donors (Lipinski definition) is 4. The third kappa shape index (κ3) is 21.9. The lowest BCUT2D eigenvalue weighted by molar-refractivity contribution is -0.152. The molecule has 1 aliphatic rings. The predicted octanol–water partition coefficient (Wildman–Crippen LogP) is 7.50. The van der Waals surface area contributed by atoms with Crippen LogP contribution in [0.1, 0.15) is 155 Å². The Morgan fingerprint density at radius 1 is 0.696 bits per heavy atom. The molecule has 0 spiro atoms. The first kappa shape index (κ1) is 42.3. The van der Waals surface area contributed by atoms with Crippen molar-refractivity contribution in [1.29, 1.82) is 0 Å². The van der Waals surface area contributed by atoms with Crippen molar-refractivity contribution in [3.8, 4) is 0 Å². The molecular formula is C38H68O8. The summed E-state index contributed by atoms with van der Waals surface area (Å²) in [6, 6.07) is 0. The Morgan fingerprint density at radius 2 is 1.22 bits per heavy atom. The van der Waals surface area contributed by atoms with Crippen LogP contribution in [0.25, 0.3) is 0 Å². The summed E-state index contributed by atoms with van der Waals surface area (Å²) in [5, 5.41) is 41.0. The van der Waals surface area contributed by atoms with Crippen LogP contribution >= 0.6 is 0 Å². The Bertz CT molecular complexity index is 813. The number of ether oxygens (including phenoxy) is 2. The first-order valence-corrected chi connectivity index (χ1v) is 18.6. The van der Waals surface area contributed by atoms with E-state index in [1.807, 2.05) is 18.2 Å². The Balaban J connectivity index is 2.08. The minimum Gasteiger partial charge on any atom is -0.463 e. The smallest absolute Gasteiger partial charge is 0.305 e. The summed E-state index contributed by atoms with van der Waals surface area (Å²) in [7, 11) is 0. The summed E-state index contributed by atoms with van der Waals surface area (Å²) in [6.45, 7) is 3.98. The van der Waals surface area contributed by atoms with Crippen molar-refractivity contribution in [2.45, 2.75) is 180 Å². The van der Waals surface area contributed by atoms with Crippen LogP contribution in [-0.2, 0) is 19.1 Å². The number of aliphatic hydroxyl groups is 4. The van der Waals surface area contributed by atoms with E-state index in [0.717, 1.165) is 38.5 Å². The molecule has 0 aromatic rings. The van der Waals surface area contributed by atoms with E-state index >= 15 is 0 Å². The summed E-state index contributed by atoms with van der Waals surface area (Å²) >= 11 is 0. The normalized spacial score (nSPS) is 21.3. The summed E-state index contributed by atoms with van der Waals surface area (Å²) in [6.07, 6.45) is 26.1. The number of aliphatic hydroxyl groups excluding tert-OH is 4. The van der Waals surface area contributed by atoms with Gasteiger partial charge in [0.15, 0.2) is 0 Å². The van der Waals surface area contributed by atoms with Gasteiger partial charge in [-0.2, -0.15) is 0 Å². The number of unbranched alkanes of at least 4 members (excludes halogenated alkanes) is 14. The van der Waals surface area contributed by atoms with Crippen LogP contribution in [-0.4, -0.2) is 70.0 Å². The number of carbonyl (C=O) groups is 2. The zero-order valence-corrected chi connectivity index (χ0v) is 29.2. The van der Waals surface area contributed by atoms with Gasteiger partial charge in [0, 0.05) is 25.2 Å². The van der Waals surface area contributed by atoms with Gasteiger partial charge in [-0.05, 0) is 38.0 Å². The molecule has 0 aliphatic heterocycles. The average Bonchev–Trinajstić information content (AvgIpc) is 3.31. The number of carbonyl (C=O) groups excluding carboxylic acids is 2. The maximum absolute atomic E-state index is 12.0. The van der Waals surface area contributed by atoms with Crippen molar-refractivity contribution < 1.29 is 39.5 Å². The molecule has 0 amide bonds. The molecule has 6 atom stereocenters. The SMILES string of the molecule is CCCCCCCCCCCCCCC(=O)OC[C@@H](O)COC(=O)CCC/C=C/C[C@@H]1[C@@H](/C=C/[C@@H](O)CCCCC)[C@H](O)C[C@@H]1O. The monoisotopic (exact) mass is 652 g/mol. The van der Waals surface area contributed by atoms with Gasteiger partial charge in [-0.25, -0.2) is 0 Å². The van der Waals surface area contributed by atoms with Crippen molar-refractivity contribution in [3.05, 3.63) is 24.3 Å². The third-order valence-corrected chi connectivity index (χ3v) is 9.01. The second-order valence-electron chi connectivity index (χ2n) is 13.3. The van der Waals surface area contributed by atoms with Crippen molar-refractivity contribution in [3.63, 3.8) is 0 Å². The second-order valence-corrected chi connectivity index (χ2v) is 13.3. The lowest BCUT2D eigenvalue weighted by Gasteiger charge is -2.19. The van der Waals surface area contributed by atoms with Crippen LogP contribution in [0.5, 0.6) is 0 Å². The molecule has 0 unspecified atom stereocenters. The zero-order valence-electron chi connectivity index (χ0n) is 29.2. The Hall–Kier alpha value is -1.74. The first-order valence-electron chi connectivity index (χ1n) is 18.6. The van der Waals surface area contributed by atoms with Crippen LogP contribution in [0.3, 0.4) is 0 Å². The van der Waals surface area contributed by atoms with Crippen molar-refractivity contribution in [2.75, 3.05) is 13.2 Å². The molecule has 1 aliphatic carbocycles. The molecule has 1 fully saturated rings. The first-order chi connectivity index (χ1) is 22.3. The fourth-order valence-corrected chi connectivity index (χ4v) is 6.08. The Morgan fingerprint density at radius 3 is 1.80 bits per heavy atom. The summed E-state index contributed by atoms with van der Waals surface area (Å²) < 4.78 is 10.3. The molecule has 4 N–H and O–H groups in total. The lowest BCUT2D eigenvalue weighted by atomic mass is 9.89. The van der Waals surface area contributed by atoms with Gasteiger partial charge in [0.05, 0.1) is 18.3 Å². The summed E-state index contributed by atoms with van der Waals surface area (Å²) in [4.78, 5) is 24.0. The molecule has 1 rings (SSSR count). The highest BCUT2D eigenvalue weighted by Gasteiger charge is 2.39. The van der Waals surface area contributed by atoms with Gasteiger partial charge in [0.25, 0.3) is 0 Å². The van der Waals surface area contributed by atoms with Crippen LogP contribution in [0.4, 0.5) is 0 Å². The number of esters is 2. The van der Waals surface area contributed by atoms with E-state index in [1.165, 1.54) is 57.8 Å². The number of allylic oxidation sites excluding steroid dienone is 2. The standard InChI is InChI=1S/C38H68O8/c1-3-5-7-8-9-10-11-12-13-14-15-20-24-37(43)45-29-32(40)30-46-38(44)25-21-17-16-19-23-33-34(36(42)28-35(33)41)27-26-31(39)22-18-6-4-2/h16,19,26-27,31-36,39-42H,3-15,17-18,20-25,28-30H2,1-2H3/b19-16+,27-26+/t31-,32+,33+,34+,35-,36+/m0/s1. The minimum absolute atomic E-state index is 0.115. The molecular weight excluding hydrogens is 584 g/mol. The molecule has 0 aromatic carbocycles. The van der Waals surface area contributed by atoms with Crippen LogP contribution in [0.15, 0.2) is 24.3 Å². The van der Waals surface area contributed by atoms with E-state index in [4.69, 9.17) is 9.47 Å².